The molecule has 0 saturated carbocycles. The summed E-state index contributed by atoms with van der Waals surface area (Å²) in [5.74, 6) is 0. The van der Waals surface area contributed by atoms with Crippen LogP contribution in [0, 0.1) is 6.92 Å². The van der Waals surface area contributed by atoms with Crippen LogP contribution in [0.15, 0.2) is 18.2 Å². The maximum Gasteiger partial charge on any atom is 0.0479 e. The molecule has 2 N–H and O–H groups in total. The summed E-state index contributed by atoms with van der Waals surface area (Å²) in [5.41, 5.74) is 9.07. The highest BCUT2D eigenvalue weighted by Gasteiger charge is 2.05. The van der Waals surface area contributed by atoms with Gasteiger partial charge in [-0.1, -0.05) is 6.07 Å². The number of methoxy groups -OCH3 is 1. The smallest absolute Gasteiger partial charge is 0.0479 e. The number of nitrogen functional groups attached to an aromatic ring is 1. The molecule has 0 bridgehead atoms. The van der Waals surface area contributed by atoms with Gasteiger partial charge in [-0.05, 0) is 31.0 Å². The van der Waals surface area contributed by atoms with E-state index in [1.54, 1.807) is 7.11 Å². The van der Waals surface area contributed by atoms with Gasteiger partial charge in [0.05, 0.1) is 0 Å². The lowest BCUT2D eigenvalue weighted by molar-refractivity contribution is 0.196. The summed E-state index contributed by atoms with van der Waals surface area (Å²) in [5, 5.41) is 0. The van der Waals surface area contributed by atoms with Gasteiger partial charge in [0.2, 0.25) is 0 Å². The van der Waals surface area contributed by atoms with Crippen molar-refractivity contribution in [3.63, 3.8) is 0 Å². The molecule has 0 heterocycles. The van der Waals surface area contributed by atoms with E-state index < -0.39 is 0 Å². The van der Waals surface area contributed by atoms with Crippen molar-refractivity contribution in [1.82, 2.24) is 0 Å². The molecule has 0 amide bonds. The predicted molar refractivity (Wildman–Crippen MR) is 65.4 cm³/mol. The van der Waals surface area contributed by atoms with Crippen LogP contribution in [0.5, 0.6) is 0 Å². The summed E-state index contributed by atoms with van der Waals surface area (Å²) in [6.07, 6.45) is 1.03. The van der Waals surface area contributed by atoms with Gasteiger partial charge in [0.15, 0.2) is 0 Å². The first-order valence-corrected chi connectivity index (χ1v) is 5.22. The first-order chi connectivity index (χ1) is 7.16. The highest BCUT2D eigenvalue weighted by atomic mass is 16.5. The fraction of sp³-hybridized carbons (Fsp3) is 0.500. The molecule has 1 aromatic carbocycles. The van der Waals surface area contributed by atoms with Gasteiger partial charge in [-0.15, -0.1) is 0 Å². The number of hydrogen-bond donors (Lipinski definition) is 1. The zero-order chi connectivity index (χ0) is 11.3. The third-order valence-corrected chi connectivity index (χ3v) is 2.60. The van der Waals surface area contributed by atoms with Crippen molar-refractivity contribution in [3.8, 4) is 0 Å². The number of benzene rings is 1. The molecule has 0 atom stereocenters. The van der Waals surface area contributed by atoms with Crippen LogP contribution in [0.2, 0.25) is 0 Å². The van der Waals surface area contributed by atoms with Crippen LogP contribution < -0.4 is 10.6 Å². The van der Waals surface area contributed by atoms with Crippen LogP contribution in [0.3, 0.4) is 0 Å². The molecule has 15 heavy (non-hydrogen) atoms. The number of rotatable bonds is 5. The van der Waals surface area contributed by atoms with Gasteiger partial charge in [0.1, 0.15) is 0 Å². The van der Waals surface area contributed by atoms with Gasteiger partial charge in [0, 0.05) is 38.7 Å². The third kappa shape index (κ3) is 3.13. The average Bonchev–Trinajstić information content (AvgIpc) is 2.22. The third-order valence-electron chi connectivity index (χ3n) is 2.60. The highest BCUT2D eigenvalue weighted by Crippen LogP contribution is 2.23. The van der Waals surface area contributed by atoms with Crippen molar-refractivity contribution in [2.45, 2.75) is 13.3 Å². The minimum absolute atomic E-state index is 0.797. The summed E-state index contributed by atoms with van der Waals surface area (Å²) in [4.78, 5) is 2.21. The number of nitrogens with zero attached hydrogens (tertiary/aromatic N) is 1. The zero-order valence-corrected chi connectivity index (χ0v) is 9.79. The van der Waals surface area contributed by atoms with Crippen molar-refractivity contribution in [1.29, 1.82) is 0 Å². The maximum absolute atomic E-state index is 5.86. The summed E-state index contributed by atoms with van der Waals surface area (Å²) < 4.78 is 5.03. The maximum atomic E-state index is 5.86. The minimum Gasteiger partial charge on any atom is -0.398 e. The number of hydrogen-bond acceptors (Lipinski definition) is 3. The molecule has 0 aromatic heterocycles. The quantitative estimate of drug-likeness (QED) is 0.594. The fourth-order valence-electron chi connectivity index (χ4n) is 1.62. The highest BCUT2D eigenvalue weighted by molar-refractivity contribution is 5.63. The molecule has 0 aliphatic rings. The lowest BCUT2D eigenvalue weighted by atomic mass is 10.1. The molecule has 0 aliphatic heterocycles. The molecule has 0 unspecified atom stereocenters. The number of nitrogens with two attached hydrogens (primary N) is 1. The molecule has 1 rings (SSSR count). The van der Waals surface area contributed by atoms with E-state index in [0.29, 0.717) is 0 Å². The molecule has 0 spiro atoms. The predicted octanol–water partition coefficient (Wildman–Crippen LogP) is 2.05. The Balaban J connectivity index is 2.65. The Morgan fingerprint density at radius 1 is 1.40 bits per heavy atom. The summed E-state index contributed by atoms with van der Waals surface area (Å²) in [7, 11) is 3.81. The Bertz CT molecular complexity index is 312. The molecule has 0 fully saturated rings. The number of ether oxygens (including phenoxy) is 1. The molecule has 84 valence electrons. The first-order valence-electron chi connectivity index (χ1n) is 5.22. The molecule has 0 saturated heterocycles. The van der Waals surface area contributed by atoms with Crippen molar-refractivity contribution < 1.29 is 4.74 Å². The molecule has 3 heteroatoms. The van der Waals surface area contributed by atoms with Gasteiger partial charge in [-0.3, -0.25) is 0 Å². The van der Waals surface area contributed by atoms with E-state index in [9.17, 15) is 0 Å². The SMILES string of the molecule is COCCCN(C)c1cccc(N)c1C. The van der Waals surface area contributed by atoms with Crippen LogP contribution in [0.4, 0.5) is 11.4 Å². The van der Waals surface area contributed by atoms with Crippen molar-refractivity contribution in [2.75, 3.05) is 37.9 Å². The fourth-order valence-corrected chi connectivity index (χ4v) is 1.62. The van der Waals surface area contributed by atoms with Gasteiger partial charge in [-0.25, -0.2) is 0 Å². The second kappa shape index (κ2) is 5.61. The summed E-state index contributed by atoms with van der Waals surface area (Å²) in [6.45, 7) is 3.83. The van der Waals surface area contributed by atoms with E-state index in [1.165, 1.54) is 5.69 Å². The summed E-state index contributed by atoms with van der Waals surface area (Å²) in [6, 6.07) is 6.02. The van der Waals surface area contributed by atoms with Gasteiger partial charge in [0.25, 0.3) is 0 Å². The van der Waals surface area contributed by atoms with E-state index in [-0.39, 0.29) is 0 Å². The largest absolute Gasteiger partial charge is 0.398 e. The molecule has 0 aliphatic carbocycles. The Morgan fingerprint density at radius 2 is 2.13 bits per heavy atom. The van der Waals surface area contributed by atoms with E-state index in [4.69, 9.17) is 10.5 Å². The number of anilines is 2. The van der Waals surface area contributed by atoms with Crippen molar-refractivity contribution in [2.24, 2.45) is 0 Å². The Morgan fingerprint density at radius 3 is 2.80 bits per heavy atom. The lowest BCUT2D eigenvalue weighted by Gasteiger charge is -2.22. The zero-order valence-electron chi connectivity index (χ0n) is 9.79. The molecule has 3 nitrogen and oxygen atoms in total. The van der Waals surface area contributed by atoms with E-state index in [2.05, 4.69) is 24.9 Å². The van der Waals surface area contributed by atoms with E-state index in [1.807, 2.05) is 12.1 Å². The average molecular weight is 208 g/mol. The topological polar surface area (TPSA) is 38.5 Å². The van der Waals surface area contributed by atoms with Crippen LogP contribution in [0.25, 0.3) is 0 Å². The van der Waals surface area contributed by atoms with Gasteiger partial charge < -0.3 is 15.4 Å². The van der Waals surface area contributed by atoms with Crippen molar-refractivity contribution >= 4 is 11.4 Å². The Labute approximate surface area is 91.8 Å². The Kier molecular flexibility index (Phi) is 4.43. The monoisotopic (exact) mass is 208 g/mol. The van der Waals surface area contributed by atoms with Crippen LogP contribution >= 0.6 is 0 Å². The molecule has 1 aromatic rings. The van der Waals surface area contributed by atoms with Crippen LogP contribution in [0.1, 0.15) is 12.0 Å². The molecular formula is C12H20N2O. The van der Waals surface area contributed by atoms with Crippen LogP contribution in [-0.2, 0) is 4.74 Å². The molecule has 0 radical (unpaired) electrons. The Hall–Kier alpha value is -1.22. The van der Waals surface area contributed by atoms with Crippen molar-refractivity contribution in [3.05, 3.63) is 23.8 Å². The van der Waals surface area contributed by atoms with E-state index >= 15 is 0 Å². The first kappa shape index (κ1) is 11.9. The summed E-state index contributed by atoms with van der Waals surface area (Å²) >= 11 is 0. The second-order valence-electron chi connectivity index (χ2n) is 3.76. The standard InChI is InChI=1S/C12H20N2O/c1-10-11(13)6-4-7-12(10)14(2)8-5-9-15-3/h4,6-7H,5,8-9,13H2,1-3H3. The van der Waals surface area contributed by atoms with Gasteiger partial charge in [-0.2, -0.15) is 0 Å². The lowest BCUT2D eigenvalue weighted by Crippen LogP contribution is -2.20. The second-order valence-corrected chi connectivity index (χ2v) is 3.76. The normalized spacial score (nSPS) is 10.3. The van der Waals surface area contributed by atoms with Gasteiger partial charge >= 0.3 is 0 Å². The van der Waals surface area contributed by atoms with Crippen LogP contribution in [-0.4, -0.2) is 27.3 Å². The van der Waals surface area contributed by atoms with E-state index in [0.717, 1.165) is 30.8 Å². The molecular weight excluding hydrogens is 188 g/mol. The minimum atomic E-state index is 0.797.